The normalized spacial score (nSPS) is 10.7. The molecular formula is C13H22BrN3O. The third-order valence-electron chi connectivity index (χ3n) is 2.61. The van der Waals surface area contributed by atoms with Crippen LogP contribution in [-0.2, 0) is 11.3 Å². The molecule has 0 aliphatic carbocycles. The lowest BCUT2D eigenvalue weighted by atomic mass is 10.2. The van der Waals surface area contributed by atoms with Crippen LogP contribution >= 0.6 is 15.9 Å². The minimum absolute atomic E-state index is 0.728. The number of pyridine rings is 1. The molecule has 1 N–H and O–H groups in total. The van der Waals surface area contributed by atoms with Crippen molar-refractivity contribution in [3.05, 3.63) is 22.3 Å². The van der Waals surface area contributed by atoms with E-state index in [1.807, 2.05) is 20.2 Å². The van der Waals surface area contributed by atoms with E-state index < -0.39 is 0 Å². The third kappa shape index (κ3) is 4.92. The molecule has 0 atom stereocenters. The Hall–Kier alpha value is -0.650. The number of ether oxygens (including phenoxy) is 1. The van der Waals surface area contributed by atoms with Gasteiger partial charge < -0.3 is 15.0 Å². The first-order chi connectivity index (χ1) is 8.69. The van der Waals surface area contributed by atoms with Crippen LogP contribution in [0, 0.1) is 0 Å². The first kappa shape index (κ1) is 15.4. The van der Waals surface area contributed by atoms with E-state index in [0.717, 1.165) is 43.1 Å². The summed E-state index contributed by atoms with van der Waals surface area (Å²) in [5.74, 6) is 1.01. The number of hydrogen-bond donors (Lipinski definition) is 1. The van der Waals surface area contributed by atoms with Gasteiger partial charge in [0.05, 0.1) is 6.61 Å². The zero-order valence-corrected chi connectivity index (χ0v) is 13.0. The summed E-state index contributed by atoms with van der Waals surface area (Å²) in [4.78, 5) is 6.63. The molecule has 0 radical (unpaired) electrons. The summed E-state index contributed by atoms with van der Waals surface area (Å²) in [6.45, 7) is 8.23. The molecule has 5 heteroatoms. The first-order valence-corrected chi connectivity index (χ1v) is 7.12. The van der Waals surface area contributed by atoms with Crippen molar-refractivity contribution >= 4 is 21.7 Å². The number of nitrogens with one attached hydrogen (secondary N) is 1. The monoisotopic (exact) mass is 315 g/mol. The SMILES string of the molecule is CCNCc1cc(Br)cnc1N(C)CCOCC. The molecule has 1 heterocycles. The van der Waals surface area contributed by atoms with E-state index in [1.54, 1.807) is 0 Å². The maximum absolute atomic E-state index is 5.38. The molecule has 4 nitrogen and oxygen atoms in total. The minimum atomic E-state index is 0.728. The number of rotatable bonds is 8. The van der Waals surface area contributed by atoms with E-state index in [0.29, 0.717) is 0 Å². The van der Waals surface area contributed by atoms with Gasteiger partial charge in [0.1, 0.15) is 5.82 Å². The van der Waals surface area contributed by atoms with Gasteiger partial charge in [-0.1, -0.05) is 6.92 Å². The van der Waals surface area contributed by atoms with Crippen LogP contribution in [0.3, 0.4) is 0 Å². The Morgan fingerprint density at radius 3 is 2.89 bits per heavy atom. The van der Waals surface area contributed by atoms with E-state index in [1.165, 1.54) is 5.56 Å². The van der Waals surface area contributed by atoms with Gasteiger partial charge >= 0.3 is 0 Å². The molecule has 0 aliphatic heterocycles. The Kier molecular flexibility index (Phi) is 7.23. The maximum Gasteiger partial charge on any atom is 0.132 e. The Morgan fingerprint density at radius 1 is 1.44 bits per heavy atom. The lowest BCUT2D eigenvalue weighted by molar-refractivity contribution is 0.154. The van der Waals surface area contributed by atoms with Gasteiger partial charge in [0.15, 0.2) is 0 Å². The Labute approximate surface area is 118 Å². The van der Waals surface area contributed by atoms with Crippen LogP contribution in [0.5, 0.6) is 0 Å². The van der Waals surface area contributed by atoms with Crippen molar-refractivity contribution in [1.82, 2.24) is 10.3 Å². The second-order valence-corrected chi connectivity index (χ2v) is 4.95. The van der Waals surface area contributed by atoms with Crippen molar-refractivity contribution in [2.24, 2.45) is 0 Å². The van der Waals surface area contributed by atoms with Crippen molar-refractivity contribution < 1.29 is 4.74 Å². The molecule has 1 rings (SSSR count). The second-order valence-electron chi connectivity index (χ2n) is 4.04. The molecule has 0 spiro atoms. The topological polar surface area (TPSA) is 37.4 Å². The zero-order chi connectivity index (χ0) is 13.4. The molecule has 18 heavy (non-hydrogen) atoms. The van der Waals surface area contributed by atoms with Gasteiger partial charge in [-0.3, -0.25) is 0 Å². The first-order valence-electron chi connectivity index (χ1n) is 6.33. The van der Waals surface area contributed by atoms with Crippen LogP contribution in [0.1, 0.15) is 19.4 Å². The molecule has 0 aliphatic rings. The summed E-state index contributed by atoms with van der Waals surface area (Å²) in [7, 11) is 2.05. The van der Waals surface area contributed by atoms with E-state index in [4.69, 9.17) is 4.74 Å². The van der Waals surface area contributed by atoms with Crippen LogP contribution in [0.15, 0.2) is 16.7 Å². The third-order valence-corrected chi connectivity index (χ3v) is 3.05. The number of anilines is 1. The Bertz CT molecular complexity index is 360. The van der Waals surface area contributed by atoms with Crippen LogP contribution in [0.25, 0.3) is 0 Å². The second kappa shape index (κ2) is 8.45. The molecule has 0 fully saturated rings. The molecular weight excluding hydrogens is 294 g/mol. The van der Waals surface area contributed by atoms with Gasteiger partial charge in [0.2, 0.25) is 0 Å². The van der Waals surface area contributed by atoms with E-state index in [9.17, 15) is 0 Å². The van der Waals surface area contributed by atoms with E-state index in [-0.39, 0.29) is 0 Å². The smallest absolute Gasteiger partial charge is 0.132 e. The van der Waals surface area contributed by atoms with Crippen molar-refractivity contribution in [3.63, 3.8) is 0 Å². The van der Waals surface area contributed by atoms with Gasteiger partial charge in [0, 0.05) is 43.0 Å². The highest BCUT2D eigenvalue weighted by Crippen LogP contribution is 2.20. The van der Waals surface area contributed by atoms with Gasteiger partial charge in [-0.05, 0) is 35.5 Å². The van der Waals surface area contributed by atoms with Crippen molar-refractivity contribution in [2.45, 2.75) is 20.4 Å². The number of hydrogen-bond acceptors (Lipinski definition) is 4. The molecule has 1 aromatic heterocycles. The summed E-state index contributed by atoms with van der Waals surface area (Å²) < 4.78 is 6.39. The molecule has 1 aromatic rings. The fourth-order valence-electron chi connectivity index (χ4n) is 1.66. The van der Waals surface area contributed by atoms with Crippen molar-refractivity contribution in [2.75, 3.05) is 38.3 Å². The Balaban J connectivity index is 2.72. The molecule has 0 aromatic carbocycles. The predicted octanol–water partition coefficient (Wildman–Crippen LogP) is 2.43. The Morgan fingerprint density at radius 2 is 2.22 bits per heavy atom. The molecule has 102 valence electrons. The number of aromatic nitrogens is 1. The number of likely N-dealkylation sites (N-methyl/N-ethyl adjacent to an activating group) is 1. The van der Waals surface area contributed by atoms with Gasteiger partial charge in [-0.25, -0.2) is 4.98 Å². The highest BCUT2D eigenvalue weighted by Gasteiger charge is 2.09. The van der Waals surface area contributed by atoms with Crippen LogP contribution in [0.4, 0.5) is 5.82 Å². The molecule has 0 saturated heterocycles. The largest absolute Gasteiger partial charge is 0.380 e. The quantitative estimate of drug-likeness (QED) is 0.748. The molecule has 0 saturated carbocycles. The van der Waals surface area contributed by atoms with Gasteiger partial charge in [0.25, 0.3) is 0 Å². The molecule has 0 amide bonds. The highest BCUT2D eigenvalue weighted by atomic mass is 79.9. The van der Waals surface area contributed by atoms with E-state index >= 15 is 0 Å². The average Bonchev–Trinajstić information content (AvgIpc) is 2.36. The average molecular weight is 316 g/mol. The summed E-state index contributed by atoms with van der Waals surface area (Å²) in [6.07, 6.45) is 1.84. The highest BCUT2D eigenvalue weighted by molar-refractivity contribution is 9.10. The van der Waals surface area contributed by atoms with Crippen LogP contribution < -0.4 is 10.2 Å². The number of halogens is 1. The van der Waals surface area contributed by atoms with Gasteiger partial charge in [-0.15, -0.1) is 0 Å². The van der Waals surface area contributed by atoms with Crippen LogP contribution in [0.2, 0.25) is 0 Å². The zero-order valence-electron chi connectivity index (χ0n) is 11.4. The van der Waals surface area contributed by atoms with Gasteiger partial charge in [-0.2, -0.15) is 0 Å². The maximum atomic E-state index is 5.38. The predicted molar refractivity (Wildman–Crippen MR) is 79.1 cm³/mol. The summed E-state index contributed by atoms with van der Waals surface area (Å²) in [5.41, 5.74) is 1.20. The van der Waals surface area contributed by atoms with Crippen molar-refractivity contribution in [1.29, 1.82) is 0 Å². The standard InChI is InChI=1S/C13H22BrN3O/c1-4-15-9-11-8-12(14)10-16-13(11)17(3)6-7-18-5-2/h8,10,15H,4-7,9H2,1-3H3. The number of nitrogens with zero attached hydrogens (tertiary/aromatic N) is 2. The molecule has 0 unspecified atom stereocenters. The fourth-order valence-corrected chi connectivity index (χ4v) is 2.04. The van der Waals surface area contributed by atoms with E-state index in [2.05, 4.69) is 44.1 Å². The summed E-state index contributed by atoms with van der Waals surface area (Å²) in [5, 5.41) is 3.34. The lowest BCUT2D eigenvalue weighted by Crippen LogP contribution is -2.26. The van der Waals surface area contributed by atoms with Crippen LogP contribution in [-0.4, -0.2) is 38.3 Å². The summed E-state index contributed by atoms with van der Waals surface area (Å²) >= 11 is 3.47. The summed E-state index contributed by atoms with van der Waals surface area (Å²) in [6, 6.07) is 2.11. The van der Waals surface area contributed by atoms with Crippen molar-refractivity contribution in [3.8, 4) is 0 Å². The fraction of sp³-hybridized carbons (Fsp3) is 0.615. The lowest BCUT2D eigenvalue weighted by Gasteiger charge is -2.21. The molecule has 0 bridgehead atoms. The minimum Gasteiger partial charge on any atom is -0.380 e.